The molecule has 2 aliphatic rings. The molecule has 4 aromatic rings. The first-order valence-corrected chi connectivity index (χ1v) is 15.1. The van der Waals surface area contributed by atoms with E-state index in [9.17, 15) is 5.11 Å². The Bertz CT molecular complexity index is 1480. The highest BCUT2D eigenvalue weighted by molar-refractivity contribution is 5.54. The first kappa shape index (κ1) is 29.4. The van der Waals surface area contributed by atoms with Gasteiger partial charge in [-0.25, -0.2) is 0 Å². The zero-order valence-electron chi connectivity index (χ0n) is 25.2. The zero-order chi connectivity index (χ0) is 29.9. The number of ether oxygens (including phenoxy) is 4. The molecule has 43 heavy (non-hydrogen) atoms. The predicted molar refractivity (Wildman–Crippen MR) is 168 cm³/mol. The molecule has 2 unspecified atom stereocenters. The molecule has 0 aromatic heterocycles. The summed E-state index contributed by atoms with van der Waals surface area (Å²) in [6.07, 6.45) is 1.84. The van der Waals surface area contributed by atoms with Crippen molar-refractivity contribution in [3.8, 4) is 5.75 Å². The van der Waals surface area contributed by atoms with Gasteiger partial charge in [0.05, 0.1) is 6.61 Å². The van der Waals surface area contributed by atoms with Crippen molar-refractivity contribution < 1.29 is 24.1 Å². The number of hydrogen-bond donors (Lipinski definition) is 1. The number of benzene rings is 4. The molecule has 2 heterocycles. The highest BCUT2D eigenvalue weighted by Crippen LogP contribution is 2.53. The van der Waals surface area contributed by atoms with Crippen LogP contribution in [0.4, 0.5) is 5.69 Å². The van der Waals surface area contributed by atoms with E-state index in [1.54, 1.807) is 14.2 Å². The number of nitrogens with zero attached hydrogens (tertiary/aromatic N) is 1. The fraction of sp³-hybridized carbons (Fsp3) is 0.351. The van der Waals surface area contributed by atoms with Gasteiger partial charge in [0.25, 0.3) is 0 Å². The lowest BCUT2D eigenvalue weighted by molar-refractivity contribution is -0.188. The molecule has 0 aliphatic carbocycles. The summed E-state index contributed by atoms with van der Waals surface area (Å²) in [5.74, 6) is 1.13. The fourth-order valence-electron chi connectivity index (χ4n) is 6.76. The van der Waals surface area contributed by atoms with Crippen LogP contribution in [0.3, 0.4) is 0 Å². The lowest BCUT2D eigenvalue weighted by Gasteiger charge is -2.49. The largest absolute Gasteiger partial charge is 0.489 e. The lowest BCUT2D eigenvalue weighted by atomic mass is 9.67. The van der Waals surface area contributed by atoms with Gasteiger partial charge in [-0.15, -0.1) is 0 Å². The van der Waals surface area contributed by atoms with E-state index in [1.807, 2.05) is 97.9 Å². The fourth-order valence-corrected chi connectivity index (χ4v) is 6.76. The molecule has 4 aromatic carbocycles. The third kappa shape index (κ3) is 5.56. The van der Waals surface area contributed by atoms with Crippen LogP contribution in [0.1, 0.15) is 47.6 Å². The van der Waals surface area contributed by atoms with Gasteiger partial charge in [0.1, 0.15) is 23.6 Å². The van der Waals surface area contributed by atoms with Crippen LogP contribution in [0.25, 0.3) is 0 Å². The van der Waals surface area contributed by atoms with E-state index in [-0.39, 0.29) is 6.29 Å². The van der Waals surface area contributed by atoms with Crippen molar-refractivity contribution in [3.63, 3.8) is 0 Å². The summed E-state index contributed by atoms with van der Waals surface area (Å²) in [5.41, 5.74) is 3.25. The Kier molecular flexibility index (Phi) is 8.55. The van der Waals surface area contributed by atoms with Gasteiger partial charge in [-0.2, -0.15) is 0 Å². The SMILES string of the molecule is COC(OC)C1CCN(c2ccc(C3(O)c4ccc(OCc5ccccc5)cc4COC3(C)c3ccccc3)cc2)CC1. The smallest absolute Gasteiger partial charge is 0.159 e. The van der Waals surface area contributed by atoms with E-state index in [0.717, 1.165) is 65.2 Å². The third-order valence-electron chi connectivity index (χ3n) is 9.29. The Balaban J connectivity index is 1.31. The van der Waals surface area contributed by atoms with Crippen molar-refractivity contribution in [2.24, 2.45) is 5.92 Å². The first-order valence-electron chi connectivity index (χ1n) is 15.1. The van der Waals surface area contributed by atoms with Crippen molar-refractivity contribution in [1.82, 2.24) is 0 Å². The maximum atomic E-state index is 12.9. The van der Waals surface area contributed by atoms with Crippen LogP contribution in [0.5, 0.6) is 5.75 Å². The molecule has 0 saturated carbocycles. The van der Waals surface area contributed by atoms with Gasteiger partial charge in [0.15, 0.2) is 6.29 Å². The Morgan fingerprint density at radius 2 is 1.49 bits per heavy atom. The molecule has 2 aliphatic heterocycles. The zero-order valence-corrected chi connectivity index (χ0v) is 25.2. The highest BCUT2D eigenvalue weighted by Gasteiger charge is 2.55. The van der Waals surface area contributed by atoms with Crippen LogP contribution < -0.4 is 9.64 Å². The molecule has 0 spiro atoms. The average Bonchev–Trinajstić information content (AvgIpc) is 3.07. The van der Waals surface area contributed by atoms with E-state index in [2.05, 4.69) is 17.0 Å². The van der Waals surface area contributed by atoms with Gasteiger partial charge in [0, 0.05) is 38.9 Å². The monoisotopic (exact) mass is 579 g/mol. The van der Waals surface area contributed by atoms with Crippen molar-refractivity contribution in [3.05, 3.63) is 131 Å². The van der Waals surface area contributed by atoms with Gasteiger partial charge in [0.2, 0.25) is 0 Å². The number of anilines is 1. The van der Waals surface area contributed by atoms with Gasteiger partial charge in [-0.3, -0.25) is 0 Å². The molecular formula is C37H41NO5. The van der Waals surface area contributed by atoms with Crippen molar-refractivity contribution in [1.29, 1.82) is 0 Å². The molecule has 0 amide bonds. The standard InChI is InChI=1S/C37H41NO5/c1-36(30-12-8-5-9-13-30)37(39,31-14-16-32(17-15-31)38-22-20-28(21-23-38)35(40-2)41-3)34-19-18-33(24-29(34)26-43-36)42-25-27-10-6-4-7-11-27/h4-19,24,28,35,39H,20-23,25-26H2,1-3H3. The third-order valence-corrected chi connectivity index (χ3v) is 9.29. The second-order valence-corrected chi connectivity index (χ2v) is 11.7. The minimum absolute atomic E-state index is 0.162. The predicted octanol–water partition coefficient (Wildman–Crippen LogP) is 6.78. The molecule has 0 radical (unpaired) electrons. The summed E-state index contributed by atoms with van der Waals surface area (Å²) in [6, 6.07) is 34.4. The summed E-state index contributed by atoms with van der Waals surface area (Å²) in [7, 11) is 3.41. The van der Waals surface area contributed by atoms with Gasteiger partial charge in [-0.1, -0.05) is 78.9 Å². The van der Waals surface area contributed by atoms with E-state index in [4.69, 9.17) is 18.9 Å². The molecule has 6 heteroatoms. The Morgan fingerprint density at radius 3 is 2.14 bits per heavy atom. The first-order chi connectivity index (χ1) is 21.0. The van der Waals surface area contributed by atoms with E-state index in [0.29, 0.717) is 19.1 Å². The Labute approximate surface area is 254 Å². The van der Waals surface area contributed by atoms with Crippen LogP contribution in [0.2, 0.25) is 0 Å². The highest BCUT2D eigenvalue weighted by atomic mass is 16.7. The quantitative estimate of drug-likeness (QED) is 0.221. The van der Waals surface area contributed by atoms with Crippen LogP contribution in [0, 0.1) is 5.92 Å². The molecule has 6 nitrogen and oxygen atoms in total. The lowest BCUT2D eigenvalue weighted by Crippen LogP contribution is -2.53. The van der Waals surface area contributed by atoms with Gasteiger partial charge >= 0.3 is 0 Å². The maximum Gasteiger partial charge on any atom is 0.159 e. The Hall–Kier alpha value is -3.68. The minimum atomic E-state index is -1.43. The molecule has 2 atom stereocenters. The number of fused-ring (bicyclic) bond motifs is 1. The molecule has 1 N–H and O–H groups in total. The number of hydrogen-bond acceptors (Lipinski definition) is 6. The molecule has 224 valence electrons. The van der Waals surface area contributed by atoms with Crippen LogP contribution >= 0.6 is 0 Å². The number of rotatable bonds is 9. The topological polar surface area (TPSA) is 60.4 Å². The summed E-state index contributed by atoms with van der Waals surface area (Å²) < 4.78 is 23.8. The van der Waals surface area contributed by atoms with Crippen LogP contribution in [-0.2, 0) is 38.6 Å². The van der Waals surface area contributed by atoms with Crippen molar-refractivity contribution in [2.75, 3.05) is 32.2 Å². The number of piperidine rings is 1. The van der Waals surface area contributed by atoms with Crippen molar-refractivity contribution in [2.45, 2.75) is 50.5 Å². The molecular weight excluding hydrogens is 538 g/mol. The van der Waals surface area contributed by atoms with Gasteiger partial charge < -0.3 is 29.0 Å². The summed E-state index contributed by atoms with van der Waals surface area (Å²) >= 11 is 0. The van der Waals surface area contributed by atoms with Gasteiger partial charge in [-0.05, 0) is 71.8 Å². The number of methoxy groups -OCH3 is 2. The summed E-state index contributed by atoms with van der Waals surface area (Å²) in [5, 5.41) is 12.9. The van der Waals surface area contributed by atoms with Crippen LogP contribution in [-0.4, -0.2) is 38.7 Å². The van der Waals surface area contributed by atoms with E-state index in [1.165, 1.54) is 0 Å². The average molecular weight is 580 g/mol. The molecule has 0 bridgehead atoms. The van der Waals surface area contributed by atoms with E-state index >= 15 is 0 Å². The van der Waals surface area contributed by atoms with Crippen molar-refractivity contribution >= 4 is 5.69 Å². The number of aliphatic hydroxyl groups is 1. The minimum Gasteiger partial charge on any atom is -0.489 e. The molecule has 6 rings (SSSR count). The second kappa shape index (κ2) is 12.5. The normalized spacial score (nSPS) is 22.4. The van der Waals surface area contributed by atoms with E-state index < -0.39 is 11.2 Å². The second-order valence-electron chi connectivity index (χ2n) is 11.7. The summed E-state index contributed by atoms with van der Waals surface area (Å²) in [4.78, 5) is 2.39. The Morgan fingerprint density at radius 1 is 0.837 bits per heavy atom. The molecule has 1 fully saturated rings. The summed E-state index contributed by atoms with van der Waals surface area (Å²) in [6.45, 7) is 4.69. The molecule has 1 saturated heterocycles. The maximum absolute atomic E-state index is 12.9. The van der Waals surface area contributed by atoms with Crippen LogP contribution in [0.15, 0.2) is 103 Å².